The summed E-state index contributed by atoms with van der Waals surface area (Å²) in [5.41, 5.74) is 0.682. The quantitative estimate of drug-likeness (QED) is 0.761. The maximum atomic E-state index is 11.8. The number of methoxy groups -OCH3 is 1. The van der Waals surface area contributed by atoms with Crippen LogP contribution in [0.3, 0.4) is 0 Å². The fraction of sp³-hybridized carbons (Fsp3) is 0.500. The molecule has 1 atom stereocenters. The third kappa shape index (κ3) is 4.13. The number of hydrogen-bond acceptors (Lipinski definition) is 3. The van der Waals surface area contributed by atoms with Crippen molar-refractivity contribution in [1.82, 2.24) is 10.6 Å². The van der Waals surface area contributed by atoms with Crippen molar-refractivity contribution in [3.63, 3.8) is 0 Å². The Morgan fingerprint density at radius 3 is 3.05 bits per heavy atom. The molecular weight excluding hydrogens is 242 g/mol. The van der Waals surface area contributed by atoms with E-state index in [1.165, 1.54) is 12.8 Å². The highest BCUT2D eigenvalue weighted by Gasteiger charge is 2.13. The van der Waals surface area contributed by atoms with Gasteiger partial charge in [-0.1, -0.05) is 12.1 Å². The molecule has 2 amide bonds. The van der Waals surface area contributed by atoms with Crippen LogP contribution in [0.15, 0.2) is 24.3 Å². The summed E-state index contributed by atoms with van der Waals surface area (Å²) in [6, 6.07) is 7.72. The Balaban J connectivity index is 1.74. The molecule has 3 N–H and O–H groups in total. The lowest BCUT2D eigenvalue weighted by molar-refractivity contribution is 0.251. The molecule has 0 bridgehead atoms. The van der Waals surface area contributed by atoms with Crippen molar-refractivity contribution in [3.05, 3.63) is 24.3 Å². The van der Waals surface area contributed by atoms with Gasteiger partial charge in [-0.3, -0.25) is 0 Å². The smallest absolute Gasteiger partial charge is 0.319 e. The summed E-state index contributed by atoms with van der Waals surface area (Å²) in [7, 11) is 1.59. The Kier molecular flexibility index (Phi) is 5.03. The predicted molar refractivity (Wildman–Crippen MR) is 75.7 cm³/mol. The summed E-state index contributed by atoms with van der Waals surface area (Å²) in [4.78, 5) is 11.8. The number of para-hydroxylation sites is 2. The first-order chi connectivity index (χ1) is 9.29. The van der Waals surface area contributed by atoms with Gasteiger partial charge in [0.05, 0.1) is 12.8 Å². The third-order valence-electron chi connectivity index (χ3n) is 3.30. The lowest BCUT2D eigenvalue weighted by Gasteiger charge is -2.13. The summed E-state index contributed by atoms with van der Waals surface area (Å²) >= 11 is 0. The zero-order valence-corrected chi connectivity index (χ0v) is 11.2. The number of benzene rings is 1. The summed E-state index contributed by atoms with van der Waals surface area (Å²) < 4.78 is 5.18. The Morgan fingerprint density at radius 2 is 2.32 bits per heavy atom. The average Bonchev–Trinajstić information content (AvgIpc) is 2.92. The second kappa shape index (κ2) is 6.99. The van der Waals surface area contributed by atoms with Gasteiger partial charge in [0, 0.05) is 12.6 Å². The SMILES string of the molecule is COc1ccccc1NC(=O)NCC[C@H]1CCCN1. The molecule has 5 heteroatoms. The van der Waals surface area contributed by atoms with E-state index in [1.807, 2.05) is 24.3 Å². The van der Waals surface area contributed by atoms with Gasteiger partial charge in [-0.2, -0.15) is 0 Å². The summed E-state index contributed by atoms with van der Waals surface area (Å²) in [6.07, 6.45) is 3.41. The van der Waals surface area contributed by atoms with E-state index in [2.05, 4.69) is 16.0 Å². The highest BCUT2D eigenvalue weighted by atomic mass is 16.5. The maximum Gasteiger partial charge on any atom is 0.319 e. The molecule has 0 aromatic heterocycles. The van der Waals surface area contributed by atoms with Crippen molar-refractivity contribution in [2.45, 2.75) is 25.3 Å². The van der Waals surface area contributed by atoms with Gasteiger partial charge in [0.1, 0.15) is 5.75 Å². The van der Waals surface area contributed by atoms with Crippen LogP contribution in [0.4, 0.5) is 10.5 Å². The van der Waals surface area contributed by atoms with E-state index >= 15 is 0 Å². The molecule has 1 aliphatic heterocycles. The number of rotatable bonds is 5. The van der Waals surface area contributed by atoms with E-state index < -0.39 is 0 Å². The molecule has 0 saturated carbocycles. The van der Waals surface area contributed by atoms with Crippen molar-refractivity contribution in [2.75, 3.05) is 25.5 Å². The zero-order valence-electron chi connectivity index (χ0n) is 11.2. The minimum Gasteiger partial charge on any atom is -0.495 e. The second-order valence-corrected chi connectivity index (χ2v) is 4.66. The van der Waals surface area contributed by atoms with E-state index in [9.17, 15) is 4.79 Å². The van der Waals surface area contributed by atoms with Gasteiger partial charge >= 0.3 is 6.03 Å². The molecule has 0 spiro atoms. The molecule has 1 fully saturated rings. The normalized spacial score (nSPS) is 18.1. The lowest BCUT2D eigenvalue weighted by Crippen LogP contribution is -2.33. The van der Waals surface area contributed by atoms with Gasteiger partial charge in [0.25, 0.3) is 0 Å². The monoisotopic (exact) mass is 263 g/mol. The highest BCUT2D eigenvalue weighted by molar-refractivity contribution is 5.90. The third-order valence-corrected chi connectivity index (χ3v) is 3.30. The standard InChI is InChI=1S/C14H21N3O2/c1-19-13-7-3-2-6-12(13)17-14(18)16-10-8-11-5-4-9-15-11/h2-3,6-7,11,15H,4-5,8-10H2,1H3,(H2,16,17,18)/t11-/m1/s1. The molecule has 0 radical (unpaired) electrons. The fourth-order valence-corrected chi connectivity index (χ4v) is 2.28. The van der Waals surface area contributed by atoms with Crippen LogP contribution in [0.5, 0.6) is 5.75 Å². The largest absolute Gasteiger partial charge is 0.495 e. The van der Waals surface area contributed by atoms with Crippen LogP contribution in [0.25, 0.3) is 0 Å². The number of ether oxygens (including phenoxy) is 1. The average molecular weight is 263 g/mol. The Labute approximate surface area is 113 Å². The molecule has 1 saturated heterocycles. The van der Waals surface area contributed by atoms with E-state index in [0.717, 1.165) is 13.0 Å². The first-order valence-electron chi connectivity index (χ1n) is 6.71. The fourth-order valence-electron chi connectivity index (χ4n) is 2.28. The van der Waals surface area contributed by atoms with Crippen LogP contribution in [0, 0.1) is 0 Å². The first-order valence-corrected chi connectivity index (χ1v) is 6.71. The van der Waals surface area contributed by atoms with E-state index in [4.69, 9.17) is 4.74 Å². The number of anilines is 1. The number of urea groups is 1. The van der Waals surface area contributed by atoms with Crippen molar-refractivity contribution < 1.29 is 9.53 Å². The number of carbonyl (C=O) groups is 1. The Morgan fingerprint density at radius 1 is 1.47 bits per heavy atom. The molecule has 1 aromatic rings. The van der Waals surface area contributed by atoms with Gasteiger partial charge in [0.15, 0.2) is 0 Å². The van der Waals surface area contributed by atoms with Crippen molar-refractivity contribution in [3.8, 4) is 5.75 Å². The summed E-state index contributed by atoms with van der Waals surface area (Å²) in [5.74, 6) is 0.662. The number of amides is 2. The van der Waals surface area contributed by atoms with Crippen molar-refractivity contribution >= 4 is 11.7 Å². The minimum absolute atomic E-state index is 0.192. The first kappa shape index (κ1) is 13.7. The van der Waals surface area contributed by atoms with Gasteiger partial charge < -0.3 is 20.7 Å². The molecule has 1 aromatic carbocycles. The summed E-state index contributed by atoms with van der Waals surface area (Å²) in [6.45, 7) is 1.77. The number of nitrogens with one attached hydrogen (secondary N) is 3. The van der Waals surface area contributed by atoms with Crippen LogP contribution in [-0.4, -0.2) is 32.3 Å². The molecule has 19 heavy (non-hydrogen) atoms. The molecule has 1 heterocycles. The van der Waals surface area contributed by atoms with E-state index in [-0.39, 0.29) is 6.03 Å². The van der Waals surface area contributed by atoms with E-state index in [0.29, 0.717) is 24.0 Å². The topological polar surface area (TPSA) is 62.4 Å². The van der Waals surface area contributed by atoms with E-state index in [1.54, 1.807) is 7.11 Å². The van der Waals surface area contributed by atoms with Crippen LogP contribution >= 0.6 is 0 Å². The molecule has 5 nitrogen and oxygen atoms in total. The Hall–Kier alpha value is -1.75. The molecule has 0 aliphatic carbocycles. The molecule has 1 aliphatic rings. The highest BCUT2D eigenvalue weighted by Crippen LogP contribution is 2.22. The molecule has 0 unspecified atom stereocenters. The van der Waals surface area contributed by atoms with Gasteiger partial charge in [0.2, 0.25) is 0 Å². The minimum atomic E-state index is -0.192. The van der Waals surface area contributed by atoms with Crippen LogP contribution in [0.2, 0.25) is 0 Å². The summed E-state index contributed by atoms with van der Waals surface area (Å²) in [5, 5.41) is 9.06. The van der Waals surface area contributed by atoms with Crippen LogP contribution < -0.4 is 20.7 Å². The second-order valence-electron chi connectivity index (χ2n) is 4.66. The van der Waals surface area contributed by atoms with Crippen molar-refractivity contribution in [2.24, 2.45) is 0 Å². The van der Waals surface area contributed by atoms with Crippen molar-refractivity contribution in [1.29, 1.82) is 0 Å². The Bertz CT molecular complexity index is 417. The predicted octanol–water partition coefficient (Wildman–Crippen LogP) is 1.96. The zero-order chi connectivity index (χ0) is 13.5. The molecule has 104 valence electrons. The van der Waals surface area contributed by atoms with Gasteiger partial charge in [-0.25, -0.2) is 4.79 Å². The lowest BCUT2D eigenvalue weighted by atomic mass is 10.1. The maximum absolute atomic E-state index is 11.8. The number of carbonyl (C=O) groups excluding carboxylic acids is 1. The van der Waals surface area contributed by atoms with Gasteiger partial charge in [-0.15, -0.1) is 0 Å². The molecular formula is C14H21N3O2. The van der Waals surface area contributed by atoms with Crippen LogP contribution in [0.1, 0.15) is 19.3 Å². The van der Waals surface area contributed by atoms with Crippen LogP contribution in [-0.2, 0) is 0 Å². The number of hydrogen-bond donors (Lipinski definition) is 3. The molecule has 2 rings (SSSR count). The van der Waals surface area contributed by atoms with Gasteiger partial charge in [-0.05, 0) is 37.9 Å².